The van der Waals surface area contributed by atoms with Crippen LogP contribution in [0.25, 0.3) is 0 Å². The van der Waals surface area contributed by atoms with Crippen LogP contribution in [0.4, 0.5) is 0 Å². The zero-order valence-electron chi connectivity index (χ0n) is 17.0. The van der Waals surface area contributed by atoms with Crippen LogP contribution in [-0.4, -0.2) is 47.8 Å². The van der Waals surface area contributed by atoms with Crippen molar-refractivity contribution in [2.75, 3.05) is 27.0 Å². The summed E-state index contributed by atoms with van der Waals surface area (Å²) in [5, 5.41) is 0.472. The molecule has 0 aliphatic heterocycles. The minimum absolute atomic E-state index is 0.0530. The van der Waals surface area contributed by atoms with Gasteiger partial charge in [-0.25, -0.2) is 4.98 Å². The highest BCUT2D eigenvalue weighted by molar-refractivity contribution is 7.99. The Labute approximate surface area is 169 Å². The summed E-state index contributed by atoms with van der Waals surface area (Å²) in [6.45, 7) is 4.45. The lowest BCUT2D eigenvalue weighted by Gasteiger charge is -2.20. The number of aromatic amines is 1. The maximum Gasteiger partial charge on any atom is 0.251 e. The molecule has 2 aromatic rings. The van der Waals surface area contributed by atoms with Gasteiger partial charge in [-0.15, -0.1) is 0 Å². The maximum atomic E-state index is 12.5. The van der Waals surface area contributed by atoms with Crippen molar-refractivity contribution in [2.45, 2.75) is 38.4 Å². The Kier molecular flexibility index (Phi) is 7.92. The molecule has 28 heavy (non-hydrogen) atoms. The van der Waals surface area contributed by atoms with Crippen molar-refractivity contribution in [3.8, 4) is 11.5 Å². The van der Waals surface area contributed by atoms with Gasteiger partial charge < -0.3 is 19.4 Å². The highest BCUT2D eigenvalue weighted by Gasteiger charge is 2.15. The predicted octanol–water partition coefficient (Wildman–Crippen LogP) is 2.80. The first kappa shape index (κ1) is 21.8. The molecule has 7 nitrogen and oxygen atoms in total. The Morgan fingerprint density at radius 2 is 1.89 bits per heavy atom. The average Bonchev–Trinajstić information content (AvgIpc) is 2.67. The fourth-order valence-corrected chi connectivity index (χ4v) is 3.55. The molecule has 0 saturated heterocycles. The van der Waals surface area contributed by atoms with Crippen molar-refractivity contribution in [2.24, 2.45) is 0 Å². The molecule has 0 saturated carbocycles. The van der Waals surface area contributed by atoms with Gasteiger partial charge in [0.2, 0.25) is 5.91 Å². The molecule has 0 atom stereocenters. The summed E-state index contributed by atoms with van der Waals surface area (Å²) < 4.78 is 10.7. The summed E-state index contributed by atoms with van der Waals surface area (Å²) in [5.74, 6) is 1.44. The van der Waals surface area contributed by atoms with Crippen molar-refractivity contribution >= 4 is 17.7 Å². The molecular weight excluding hydrogens is 378 g/mol. The Morgan fingerprint density at radius 1 is 1.21 bits per heavy atom. The SMILES string of the molecule is CCCc1cc(=O)[nH]c(SCC(=O)N(C)Cc2cc(OC)c(OC)cc2C)n1. The number of aromatic nitrogens is 2. The quantitative estimate of drug-likeness (QED) is 0.510. The molecule has 0 radical (unpaired) electrons. The van der Waals surface area contributed by atoms with Crippen LogP contribution in [0.5, 0.6) is 11.5 Å². The Hall–Kier alpha value is -2.48. The number of ether oxygens (including phenoxy) is 2. The van der Waals surface area contributed by atoms with E-state index in [9.17, 15) is 9.59 Å². The molecule has 1 heterocycles. The summed E-state index contributed by atoms with van der Waals surface area (Å²) in [4.78, 5) is 33.0. The minimum atomic E-state index is -0.192. The van der Waals surface area contributed by atoms with Gasteiger partial charge in [0.15, 0.2) is 16.7 Å². The van der Waals surface area contributed by atoms with Gasteiger partial charge in [0.05, 0.1) is 20.0 Å². The van der Waals surface area contributed by atoms with Crippen LogP contribution in [0.15, 0.2) is 28.2 Å². The normalized spacial score (nSPS) is 10.6. The van der Waals surface area contributed by atoms with Crippen LogP contribution < -0.4 is 15.0 Å². The first-order chi connectivity index (χ1) is 13.4. The van der Waals surface area contributed by atoms with Gasteiger partial charge in [-0.1, -0.05) is 25.1 Å². The van der Waals surface area contributed by atoms with Gasteiger partial charge in [-0.2, -0.15) is 0 Å². The topological polar surface area (TPSA) is 84.5 Å². The van der Waals surface area contributed by atoms with E-state index in [0.29, 0.717) is 23.2 Å². The highest BCUT2D eigenvalue weighted by Crippen LogP contribution is 2.30. The molecule has 0 spiro atoms. The van der Waals surface area contributed by atoms with Gasteiger partial charge in [0.1, 0.15) is 0 Å². The zero-order chi connectivity index (χ0) is 20.7. The van der Waals surface area contributed by atoms with Gasteiger partial charge in [0, 0.05) is 25.4 Å². The molecule has 0 fully saturated rings. The number of thioether (sulfide) groups is 1. The van der Waals surface area contributed by atoms with E-state index in [1.807, 2.05) is 26.0 Å². The number of carbonyl (C=O) groups is 1. The second-order valence-electron chi connectivity index (χ2n) is 6.46. The van der Waals surface area contributed by atoms with E-state index in [0.717, 1.165) is 29.7 Å². The molecule has 0 aliphatic rings. The summed E-state index contributed by atoms with van der Waals surface area (Å²) >= 11 is 1.24. The second kappa shape index (κ2) is 10.2. The van der Waals surface area contributed by atoms with Crippen molar-refractivity contribution in [3.63, 3.8) is 0 Å². The number of hydrogen-bond donors (Lipinski definition) is 1. The molecule has 1 aromatic carbocycles. The van der Waals surface area contributed by atoms with Crippen LogP contribution in [0, 0.1) is 6.92 Å². The molecule has 1 N–H and O–H groups in total. The molecule has 0 aliphatic carbocycles. The van der Waals surface area contributed by atoms with Crippen molar-refractivity contribution < 1.29 is 14.3 Å². The van der Waals surface area contributed by atoms with Crippen LogP contribution in [0.1, 0.15) is 30.2 Å². The van der Waals surface area contributed by atoms with Crippen molar-refractivity contribution in [3.05, 3.63) is 45.4 Å². The van der Waals surface area contributed by atoms with E-state index in [2.05, 4.69) is 9.97 Å². The summed E-state index contributed by atoms with van der Waals surface area (Å²) in [6.07, 6.45) is 1.65. The lowest BCUT2D eigenvalue weighted by Crippen LogP contribution is -2.28. The zero-order valence-corrected chi connectivity index (χ0v) is 17.8. The van der Waals surface area contributed by atoms with Crippen molar-refractivity contribution in [1.82, 2.24) is 14.9 Å². The summed E-state index contributed by atoms with van der Waals surface area (Å²) in [6, 6.07) is 5.29. The Balaban J connectivity index is 2.03. The Morgan fingerprint density at radius 3 is 2.54 bits per heavy atom. The third-order valence-corrected chi connectivity index (χ3v) is 5.14. The first-order valence-electron chi connectivity index (χ1n) is 9.06. The Bertz CT molecular complexity index is 882. The van der Waals surface area contributed by atoms with Gasteiger partial charge in [0.25, 0.3) is 5.56 Å². The van der Waals surface area contributed by atoms with E-state index in [1.165, 1.54) is 17.8 Å². The van der Waals surface area contributed by atoms with E-state index in [1.54, 1.807) is 26.2 Å². The van der Waals surface area contributed by atoms with E-state index >= 15 is 0 Å². The van der Waals surface area contributed by atoms with Crippen LogP contribution in [0.2, 0.25) is 0 Å². The van der Waals surface area contributed by atoms with Gasteiger partial charge in [-0.3, -0.25) is 9.59 Å². The fraction of sp³-hybridized carbons (Fsp3) is 0.450. The maximum absolute atomic E-state index is 12.5. The fourth-order valence-electron chi connectivity index (χ4n) is 2.71. The standard InChI is InChI=1S/C20H27N3O4S/c1-6-7-15-10-18(24)22-20(21-15)28-12-19(25)23(3)11-14-9-17(27-5)16(26-4)8-13(14)2/h8-10H,6-7,11-12H2,1-5H3,(H,21,22,24). The predicted molar refractivity (Wildman–Crippen MR) is 110 cm³/mol. The molecule has 2 rings (SSSR count). The number of aryl methyl sites for hydroxylation is 2. The number of benzene rings is 1. The number of amides is 1. The largest absolute Gasteiger partial charge is 0.493 e. The highest BCUT2D eigenvalue weighted by atomic mass is 32.2. The van der Waals surface area contributed by atoms with Crippen LogP contribution in [0.3, 0.4) is 0 Å². The number of H-pyrrole nitrogens is 1. The lowest BCUT2D eigenvalue weighted by molar-refractivity contribution is -0.127. The van der Waals surface area contributed by atoms with Crippen molar-refractivity contribution in [1.29, 1.82) is 0 Å². The monoisotopic (exact) mass is 405 g/mol. The summed E-state index contributed by atoms with van der Waals surface area (Å²) in [5.41, 5.74) is 2.55. The number of hydrogen-bond acceptors (Lipinski definition) is 6. The molecule has 1 amide bonds. The van der Waals surface area contributed by atoms with E-state index < -0.39 is 0 Å². The third kappa shape index (κ3) is 5.76. The van der Waals surface area contributed by atoms with E-state index in [4.69, 9.17) is 9.47 Å². The average molecular weight is 406 g/mol. The van der Waals surface area contributed by atoms with Crippen LogP contribution in [-0.2, 0) is 17.8 Å². The molecule has 8 heteroatoms. The number of rotatable bonds is 9. The molecule has 1 aromatic heterocycles. The third-order valence-electron chi connectivity index (χ3n) is 4.29. The molecule has 0 unspecified atom stereocenters. The molecule has 0 bridgehead atoms. The van der Waals surface area contributed by atoms with Crippen LogP contribution >= 0.6 is 11.8 Å². The number of nitrogens with zero attached hydrogens (tertiary/aromatic N) is 2. The summed E-state index contributed by atoms with van der Waals surface area (Å²) in [7, 11) is 4.93. The number of methoxy groups -OCH3 is 2. The molecule has 152 valence electrons. The number of nitrogens with one attached hydrogen (secondary N) is 1. The second-order valence-corrected chi connectivity index (χ2v) is 7.43. The van der Waals surface area contributed by atoms with E-state index in [-0.39, 0.29) is 17.2 Å². The van der Waals surface area contributed by atoms with Gasteiger partial charge >= 0.3 is 0 Å². The number of carbonyl (C=O) groups excluding carboxylic acids is 1. The van der Waals surface area contributed by atoms with Gasteiger partial charge in [-0.05, 0) is 36.6 Å². The lowest BCUT2D eigenvalue weighted by atomic mass is 10.1. The molecular formula is C20H27N3O4S. The first-order valence-corrected chi connectivity index (χ1v) is 10.0. The smallest absolute Gasteiger partial charge is 0.251 e. The minimum Gasteiger partial charge on any atom is -0.493 e.